The Balaban J connectivity index is 1.46. The summed E-state index contributed by atoms with van der Waals surface area (Å²) in [5.41, 5.74) is 3.02. The molecule has 0 aliphatic rings. The average molecular weight is 411 g/mol. The van der Waals surface area contributed by atoms with Gasteiger partial charge in [0.15, 0.2) is 0 Å². The molecular weight excluding hydrogens is 390 g/mol. The lowest BCUT2D eigenvalue weighted by molar-refractivity contribution is 0.0951. The number of ether oxygens (including phenoxy) is 2. The molecule has 1 aromatic heterocycles. The van der Waals surface area contributed by atoms with Crippen molar-refractivity contribution in [3.05, 3.63) is 102 Å². The highest BCUT2D eigenvalue weighted by atomic mass is 16.5. The van der Waals surface area contributed by atoms with E-state index in [-0.39, 0.29) is 5.91 Å². The van der Waals surface area contributed by atoms with Gasteiger partial charge >= 0.3 is 0 Å². The number of carbonyl (C=O) groups excluding carboxylic acids is 1. The largest absolute Gasteiger partial charge is 0.497 e. The maximum Gasteiger partial charge on any atom is 0.251 e. The van der Waals surface area contributed by atoms with E-state index in [1.807, 2.05) is 66.7 Å². The lowest BCUT2D eigenvalue weighted by Crippen LogP contribution is -2.22. The quantitative estimate of drug-likeness (QED) is 0.469. The van der Waals surface area contributed by atoms with E-state index >= 15 is 0 Å². The van der Waals surface area contributed by atoms with Crippen molar-refractivity contribution < 1.29 is 14.3 Å². The number of methoxy groups -OCH3 is 1. The lowest BCUT2D eigenvalue weighted by atomic mass is 10.1. The topological polar surface area (TPSA) is 73.3 Å². The Bertz CT molecular complexity index is 1160. The highest BCUT2D eigenvalue weighted by Gasteiger charge is 2.09. The van der Waals surface area contributed by atoms with E-state index in [1.165, 1.54) is 6.33 Å². The summed E-state index contributed by atoms with van der Waals surface area (Å²) in [6.07, 6.45) is 1.45. The molecule has 6 heteroatoms. The number of aromatic nitrogens is 2. The molecule has 0 fully saturated rings. The smallest absolute Gasteiger partial charge is 0.251 e. The van der Waals surface area contributed by atoms with E-state index in [9.17, 15) is 4.79 Å². The molecule has 0 bridgehead atoms. The molecule has 6 nitrogen and oxygen atoms in total. The zero-order valence-electron chi connectivity index (χ0n) is 17.0. The van der Waals surface area contributed by atoms with Crippen LogP contribution < -0.4 is 14.8 Å². The van der Waals surface area contributed by atoms with Crippen molar-refractivity contribution in [2.75, 3.05) is 7.11 Å². The minimum atomic E-state index is -0.160. The second-order valence-electron chi connectivity index (χ2n) is 6.77. The third-order valence-corrected chi connectivity index (χ3v) is 4.64. The zero-order valence-corrected chi connectivity index (χ0v) is 17.0. The minimum Gasteiger partial charge on any atom is -0.497 e. The van der Waals surface area contributed by atoms with Gasteiger partial charge in [-0.3, -0.25) is 4.79 Å². The van der Waals surface area contributed by atoms with Crippen molar-refractivity contribution in [1.82, 2.24) is 15.3 Å². The van der Waals surface area contributed by atoms with Gasteiger partial charge in [0, 0.05) is 23.7 Å². The van der Waals surface area contributed by atoms with Crippen LogP contribution in [0.1, 0.15) is 15.9 Å². The lowest BCUT2D eigenvalue weighted by Gasteiger charge is -2.09. The molecule has 31 heavy (non-hydrogen) atoms. The summed E-state index contributed by atoms with van der Waals surface area (Å²) in [7, 11) is 1.62. The van der Waals surface area contributed by atoms with Crippen LogP contribution in [0.4, 0.5) is 0 Å². The summed E-state index contributed by atoms with van der Waals surface area (Å²) in [6, 6.07) is 26.1. The molecule has 4 aromatic rings. The van der Waals surface area contributed by atoms with Gasteiger partial charge in [0.25, 0.3) is 5.91 Å². The second kappa shape index (κ2) is 9.54. The van der Waals surface area contributed by atoms with Gasteiger partial charge in [0.05, 0.1) is 12.8 Å². The van der Waals surface area contributed by atoms with Crippen LogP contribution in [0.2, 0.25) is 0 Å². The summed E-state index contributed by atoms with van der Waals surface area (Å²) >= 11 is 0. The van der Waals surface area contributed by atoms with Crippen LogP contribution in [-0.2, 0) is 6.54 Å². The minimum absolute atomic E-state index is 0.160. The normalized spacial score (nSPS) is 10.4. The third-order valence-electron chi connectivity index (χ3n) is 4.64. The second-order valence-corrected chi connectivity index (χ2v) is 6.77. The van der Waals surface area contributed by atoms with Crippen LogP contribution in [0, 0.1) is 0 Å². The monoisotopic (exact) mass is 411 g/mol. The van der Waals surface area contributed by atoms with Crippen molar-refractivity contribution in [1.29, 1.82) is 0 Å². The van der Waals surface area contributed by atoms with Crippen LogP contribution in [0.5, 0.6) is 17.4 Å². The number of carbonyl (C=O) groups is 1. The van der Waals surface area contributed by atoms with Gasteiger partial charge in [-0.15, -0.1) is 0 Å². The molecule has 0 aliphatic heterocycles. The predicted octanol–water partition coefficient (Wildman–Crippen LogP) is 4.87. The van der Waals surface area contributed by atoms with E-state index in [0.29, 0.717) is 29.4 Å². The van der Waals surface area contributed by atoms with Gasteiger partial charge in [-0.05, 0) is 42.0 Å². The van der Waals surface area contributed by atoms with Gasteiger partial charge in [0.2, 0.25) is 5.88 Å². The molecule has 0 saturated heterocycles. The molecule has 0 unspecified atom stereocenters. The molecule has 1 amide bonds. The maximum absolute atomic E-state index is 12.6. The van der Waals surface area contributed by atoms with Crippen molar-refractivity contribution in [2.45, 2.75) is 6.54 Å². The van der Waals surface area contributed by atoms with Crippen LogP contribution in [0.25, 0.3) is 11.3 Å². The molecule has 0 radical (unpaired) electrons. The molecule has 0 aliphatic carbocycles. The first-order valence-corrected chi connectivity index (χ1v) is 9.78. The van der Waals surface area contributed by atoms with E-state index < -0.39 is 0 Å². The predicted molar refractivity (Wildman–Crippen MR) is 118 cm³/mol. The Morgan fingerprint density at radius 2 is 1.68 bits per heavy atom. The SMILES string of the molecule is COc1ccc(CNC(=O)c2cccc(-c3cc(Oc4ccccc4)ncn3)c2)cc1. The van der Waals surface area contributed by atoms with Gasteiger partial charge in [-0.2, -0.15) is 0 Å². The molecule has 154 valence electrons. The fourth-order valence-corrected chi connectivity index (χ4v) is 3.01. The van der Waals surface area contributed by atoms with Gasteiger partial charge in [-0.25, -0.2) is 9.97 Å². The number of rotatable bonds is 7. The first kappa shape index (κ1) is 20.1. The number of benzene rings is 3. The molecule has 0 spiro atoms. The fourth-order valence-electron chi connectivity index (χ4n) is 3.01. The van der Waals surface area contributed by atoms with Gasteiger partial charge in [0.1, 0.15) is 17.8 Å². The Morgan fingerprint density at radius 3 is 2.45 bits per heavy atom. The van der Waals surface area contributed by atoms with Crippen molar-refractivity contribution in [3.63, 3.8) is 0 Å². The van der Waals surface area contributed by atoms with Crippen molar-refractivity contribution in [3.8, 4) is 28.6 Å². The van der Waals surface area contributed by atoms with Gasteiger partial charge in [-0.1, -0.05) is 42.5 Å². The Labute approximate surface area is 180 Å². The molecule has 4 rings (SSSR count). The molecular formula is C25H21N3O3. The van der Waals surface area contributed by atoms with E-state index in [1.54, 1.807) is 25.3 Å². The summed E-state index contributed by atoms with van der Waals surface area (Å²) in [6.45, 7) is 0.426. The number of nitrogens with zero attached hydrogens (tertiary/aromatic N) is 2. The molecule has 0 saturated carbocycles. The number of para-hydroxylation sites is 1. The van der Waals surface area contributed by atoms with Gasteiger partial charge < -0.3 is 14.8 Å². The van der Waals surface area contributed by atoms with E-state index in [2.05, 4.69) is 15.3 Å². The van der Waals surface area contributed by atoms with Crippen LogP contribution >= 0.6 is 0 Å². The van der Waals surface area contributed by atoms with Crippen molar-refractivity contribution in [2.24, 2.45) is 0 Å². The van der Waals surface area contributed by atoms with Crippen molar-refractivity contribution >= 4 is 5.91 Å². The standard InChI is InChI=1S/C25H21N3O3/c1-30-21-12-10-18(11-13-21)16-26-25(29)20-7-5-6-19(14-20)23-15-24(28-17-27-23)31-22-8-3-2-4-9-22/h2-15,17H,16H2,1H3,(H,26,29). The average Bonchev–Trinajstić information content (AvgIpc) is 2.84. The first-order chi connectivity index (χ1) is 15.2. The summed E-state index contributed by atoms with van der Waals surface area (Å²) in [5.74, 6) is 1.75. The fraction of sp³-hybridized carbons (Fsp3) is 0.0800. The molecule has 1 heterocycles. The summed E-state index contributed by atoms with van der Waals surface area (Å²) in [5, 5.41) is 2.94. The number of hydrogen-bond acceptors (Lipinski definition) is 5. The highest BCUT2D eigenvalue weighted by molar-refractivity contribution is 5.95. The highest BCUT2D eigenvalue weighted by Crippen LogP contribution is 2.24. The van der Waals surface area contributed by atoms with E-state index in [0.717, 1.165) is 16.9 Å². The maximum atomic E-state index is 12.6. The third kappa shape index (κ3) is 5.25. The Kier molecular flexibility index (Phi) is 6.18. The van der Waals surface area contributed by atoms with Crippen LogP contribution in [0.3, 0.4) is 0 Å². The first-order valence-electron chi connectivity index (χ1n) is 9.78. The Hall–Kier alpha value is -4.19. The number of amides is 1. The molecule has 3 aromatic carbocycles. The number of nitrogens with one attached hydrogen (secondary N) is 1. The molecule has 1 N–H and O–H groups in total. The molecule has 0 atom stereocenters. The summed E-state index contributed by atoms with van der Waals surface area (Å²) < 4.78 is 10.9. The number of hydrogen-bond donors (Lipinski definition) is 1. The summed E-state index contributed by atoms with van der Waals surface area (Å²) in [4.78, 5) is 21.1. The Morgan fingerprint density at radius 1 is 0.871 bits per heavy atom. The zero-order chi connectivity index (χ0) is 21.5. The van der Waals surface area contributed by atoms with E-state index in [4.69, 9.17) is 9.47 Å². The van der Waals surface area contributed by atoms with Crippen LogP contribution in [-0.4, -0.2) is 23.0 Å². The van der Waals surface area contributed by atoms with Crippen LogP contribution in [0.15, 0.2) is 91.3 Å².